The van der Waals surface area contributed by atoms with Crippen molar-refractivity contribution in [2.45, 2.75) is 25.3 Å². The molecule has 0 N–H and O–H groups in total. The molecule has 0 unspecified atom stereocenters. The fraction of sp³-hybridized carbons (Fsp3) is 0.556. The topological polar surface area (TPSA) is 35.5 Å². The van der Waals surface area contributed by atoms with Crippen LogP contribution in [0.5, 0.6) is 0 Å². The third kappa shape index (κ3) is 3.96. The molecule has 8 heteroatoms. The number of hydrogen-bond donors (Lipinski definition) is 0. The number of piperazine rings is 1. The van der Waals surface area contributed by atoms with Crippen LogP contribution in [0.4, 0.5) is 19.9 Å². The van der Waals surface area contributed by atoms with Gasteiger partial charge in [-0.3, -0.25) is 4.90 Å². The standard InChI is InChI=1S/C18H23F2N5S/c1-23(14-3-4-14)17-21-18(26-22-17)25-10-8-24(9-11-25)7-6-13-2-5-15(19)16(20)12-13/h2,5,12,14H,3-4,6-11H2,1H3. The Bertz CT molecular complexity index is 756. The lowest BCUT2D eigenvalue weighted by Gasteiger charge is -2.34. The number of benzene rings is 1. The molecule has 2 heterocycles. The normalized spacial score (nSPS) is 18.3. The summed E-state index contributed by atoms with van der Waals surface area (Å²) in [6.45, 7) is 4.57. The number of hydrogen-bond acceptors (Lipinski definition) is 6. The molecule has 0 radical (unpaired) electrons. The van der Waals surface area contributed by atoms with Gasteiger partial charge in [-0.1, -0.05) is 6.07 Å². The van der Waals surface area contributed by atoms with E-state index in [-0.39, 0.29) is 0 Å². The van der Waals surface area contributed by atoms with E-state index in [2.05, 4.69) is 26.1 Å². The molecule has 0 atom stereocenters. The molecule has 5 nitrogen and oxygen atoms in total. The molecule has 1 saturated heterocycles. The fourth-order valence-corrected chi connectivity index (χ4v) is 4.00. The van der Waals surface area contributed by atoms with E-state index < -0.39 is 11.6 Å². The van der Waals surface area contributed by atoms with E-state index in [0.29, 0.717) is 6.04 Å². The summed E-state index contributed by atoms with van der Waals surface area (Å²) in [5.74, 6) is -0.713. The molecule has 2 aromatic rings. The number of rotatable bonds is 6. The molecule has 1 saturated carbocycles. The predicted molar refractivity (Wildman–Crippen MR) is 100 cm³/mol. The van der Waals surface area contributed by atoms with Crippen molar-refractivity contribution in [2.75, 3.05) is 49.6 Å². The Morgan fingerprint density at radius 3 is 2.62 bits per heavy atom. The molecule has 1 aromatic carbocycles. The predicted octanol–water partition coefficient (Wildman–Crippen LogP) is 2.78. The van der Waals surface area contributed by atoms with E-state index in [1.807, 2.05) is 0 Å². The van der Waals surface area contributed by atoms with Gasteiger partial charge >= 0.3 is 0 Å². The molecular weight excluding hydrogens is 356 g/mol. The van der Waals surface area contributed by atoms with Gasteiger partial charge in [0.05, 0.1) is 0 Å². The van der Waals surface area contributed by atoms with Crippen LogP contribution in [0.15, 0.2) is 18.2 Å². The SMILES string of the molecule is CN(c1nsc(N2CCN(CCc3ccc(F)c(F)c3)CC2)n1)C1CC1. The summed E-state index contributed by atoms with van der Waals surface area (Å²) < 4.78 is 30.8. The van der Waals surface area contributed by atoms with E-state index in [1.54, 1.807) is 6.07 Å². The molecule has 0 amide bonds. The maximum absolute atomic E-state index is 13.3. The fourth-order valence-electron chi connectivity index (χ4n) is 3.25. The second-order valence-electron chi connectivity index (χ2n) is 7.05. The van der Waals surface area contributed by atoms with E-state index >= 15 is 0 Å². The molecule has 1 aliphatic heterocycles. The monoisotopic (exact) mass is 379 g/mol. The second kappa shape index (κ2) is 7.44. The lowest BCUT2D eigenvalue weighted by Crippen LogP contribution is -2.47. The zero-order valence-electron chi connectivity index (χ0n) is 14.9. The van der Waals surface area contributed by atoms with Crippen LogP contribution in [-0.4, -0.2) is 60.1 Å². The first kappa shape index (κ1) is 17.6. The maximum atomic E-state index is 13.3. The van der Waals surface area contributed by atoms with E-state index in [4.69, 9.17) is 4.98 Å². The lowest BCUT2D eigenvalue weighted by atomic mass is 10.1. The van der Waals surface area contributed by atoms with Crippen molar-refractivity contribution in [2.24, 2.45) is 0 Å². The molecular formula is C18H23F2N5S. The minimum absolute atomic E-state index is 0.616. The minimum atomic E-state index is -0.786. The van der Waals surface area contributed by atoms with Crippen molar-refractivity contribution in [3.05, 3.63) is 35.4 Å². The number of halogens is 2. The highest BCUT2D eigenvalue weighted by Crippen LogP contribution is 2.31. The average Bonchev–Trinajstić information content (AvgIpc) is 3.39. The Morgan fingerprint density at radius 1 is 1.15 bits per heavy atom. The molecule has 1 aromatic heterocycles. The first-order chi connectivity index (χ1) is 12.6. The van der Waals surface area contributed by atoms with Gasteiger partial charge in [0.15, 0.2) is 11.6 Å². The van der Waals surface area contributed by atoms with Gasteiger partial charge in [-0.2, -0.15) is 9.36 Å². The quantitative estimate of drug-likeness (QED) is 0.771. The van der Waals surface area contributed by atoms with E-state index in [9.17, 15) is 8.78 Å². The van der Waals surface area contributed by atoms with Gasteiger partial charge in [-0.05, 0) is 37.0 Å². The van der Waals surface area contributed by atoms with Crippen LogP contribution < -0.4 is 9.80 Å². The van der Waals surface area contributed by atoms with Crippen LogP contribution in [0.2, 0.25) is 0 Å². The van der Waals surface area contributed by atoms with Gasteiger partial charge in [0.25, 0.3) is 0 Å². The second-order valence-corrected chi connectivity index (χ2v) is 7.78. The summed E-state index contributed by atoms with van der Waals surface area (Å²) >= 11 is 1.47. The van der Waals surface area contributed by atoms with Gasteiger partial charge in [-0.15, -0.1) is 0 Å². The molecule has 2 fully saturated rings. The van der Waals surface area contributed by atoms with Gasteiger partial charge < -0.3 is 9.80 Å². The van der Waals surface area contributed by atoms with Crippen LogP contribution >= 0.6 is 11.5 Å². The van der Waals surface area contributed by atoms with E-state index in [0.717, 1.165) is 55.8 Å². The molecule has 1 aliphatic carbocycles. The summed E-state index contributed by atoms with van der Waals surface area (Å²) in [7, 11) is 2.07. The van der Waals surface area contributed by atoms with Crippen LogP contribution in [0.1, 0.15) is 18.4 Å². The van der Waals surface area contributed by atoms with Crippen molar-refractivity contribution in [1.82, 2.24) is 14.3 Å². The third-order valence-electron chi connectivity index (χ3n) is 5.16. The Kier molecular flexibility index (Phi) is 5.04. The van der Waals surface area contributed by atoms with Crippen molar-refractivity contribution < 1.29 is 8.78 Å². The Morgan fingerprint density at radius 2 is 1.92 bits per heavy atom. The number of aromatic nitrogens is 2. The van der Waals surface area contributed by atoms with Crippen molar-refractivity contribution in [1.29, 1.82) is 0 Å². The molecule has 4 rings (SSSR count). The molecule has 140 valence electrons. The van der Waals surface area contributed by atoms with Gasteiger partial charge in [0.1, 0.15) is 0 Å². The van der Waals surface area contributed by atoms with Crippen molar-refractivity contribution >= 4 is 22.6 Å². The smallest absolute Gasteiger partial charge is 0.239 e. The highest BCUT2D eigenvalue weighted by molar-refractivity contribution is 7.09. The molecule has 2 aliphatic rings. The van der Waals surface area contributed by atoms with E-state index in [1.165, 1.54) is 36.5 Å². The highest BCUT2D eigenvalue weighted by atomic mass is 32.1. The first-order valence-electron chi connectivity index (χ1n) is 9.08. The van der Waals surface area contributed by atoms with Gasteiger partial charge in [0, 0.05) is 57.3 Å². The molecule has 0 spiro atoms. The van der Waals surface area contributed by atoms with Crippen LogP contribution in [0.25, 0.3) is 0 Å². The lowest BCUT2D eigenvalue weighted by molar-refractivity contribution is 0.261. The zero-order chi connectivity index (χ0) is 18.1. The summed E-state index contributed by atoms with van der Waals surface area (Å²) in [4.78, 5) is 11.5. The minimum Gasteiger partial charge on any atom is -0.344 e. The van der Waals surface area contributed by atoms with Gasteiger partial charge in [-0.25, -0.2) is 8.78 Å². The first-order valence-corrected chi connectivity index (χ1v) is 9.85. The summed E-state index contributed by atoms with van der Waals surface area (Å²) in [6.07, 6.45) is 3.20. The van der Waals surface area contributed by atoms with Crippen molar-refractivity contribution in [3.8, 4) is 0 Å². The largest absolute Gasteiger partial charge is 0.344 e. The molecule has 26 heavy (non-hydrogen) atoms. The molecule has 0 bridgehead atoms. The van der Waals surface area contributed by atoms with Crippen LogP contribution in [-0.2, 0) is 6.42 Å². The van der Waals surface area contributed by atoms with Crippen LogP contribution in [0, 0.1) is 11.6 Å². The number of anilines is 2. The summed E-state index contributed by atoms with van der Waals surface area (Å²) in [5, 5.41) is 0.993. The average molecular weight is 379 g/mol. The zero-order valence-corrected chi connectivity index (χ0v) is 15.7. The Hall–Kier alpha value is -1.80. The van der Waals surface area contributed by atoms with Crippen molar-refractivity contribution in [3.63, 3.8) is 0 Å². The Balaban J connectivity index is 1.26. The van der Waals surface area contributed by atoms with Crippen LogP contribution in [0.3, 0.4) is 0 Å². The maximum Gasteiger partial charge on any atom is 0.239 e. The summed E-state index contributed by atoms with van der Waals surface area (Å²) in [6, 6.07) is 4.78. The van der Waals surface area contributed by atoms with Gasteiger partial charge in [0.2, 0.25) is 11.1 Å². The summed E-state index contributed by atoms with van der Waals surface area (Å²) in [5.41, 5.74) is 0.836. The Labute approximate surface area is 156 Å². The third-order valence-corrected chi connectivity index (χ3v) is 5.93. The number of nitrogens with zero attached hydrogens (tertiary/aromatic N) is 5. The highest BCUT2D eigenvalue weighted by Gasteiger charge is 2.29.